The maximum Gasteiger partial charge on any atom is 0.251 e. The van der Waals surface area contributed by atoms with Crippen LogP contribution in [0.15, 0.2) is 84.1 Å². The molecule has 32 heavy (non-hydrogen) atoms. The average Bonchev–Trinajstić information content (AvgIpc) is 3.46. The highest BCUT2D eigenvalue weighted by Crippen LogP contribution is 2.21. The van der Waals surface area contributed by atoms with E-state index in [-0.39, 0.29) is 5.91 Å². The zero-order valence-electron chi connectivity index (χ0n) is 17.7. The molecule has 0 saturated heterocycles. The highest BCUT2D eigenvalue weighted by molar-refractivity contribution is 5.97. The summed E-state index contributed by atoms with van der Waals surface area (Å²) in [4.78, 5) is 26.7. The summed E-state index contributed by atoms with van der Waals surface area (Å²) in [5.41, 5.74) is 5.66. The second-order valence-electron chi connectivity index (χ2n) is 7.65. The van der Waals surface area contributed by atoms with Gasteiger partial charge in [0.15, 0.2) is 0 Å². The van der Waals surface area contributed by atoms with E-state index >= 15 is 0 Å². The molecule has 0 bridgehead atoms. The monoisotopic (exact) mass is 425 g/mol. The van der Waals surface area contributed by atoms with Gasteiger partial charge in [0, 0.05) is 18.3 Å². The number of hydrogen-bond acceptors (Lipinski definition) is 5. The Kier molecular flexibility index (Phi) is 5.39. The van der Waals surface area contributed by atoms with Crippen molar-refractivity contribution in [2.75, 3.05) is 13.7 Å². The fourth-order valence-electron chi connectivity index (χ4n) is 3.78. The lowest BCUT2D eigenvalue weighted by molar-refractivity contribution is -0.0591. The van der Waals surface area contributed by atoms with Crippen molar-refractivity contribution in [2.24, 2.45) is 4.99 Å². The van der Waals surface area contributed by atoms with Gasteiger partial charge in [-0.05, 0) is 41.5 Å². The Morgan fingerprint density at radius 3 is 2.62 bits per heavy atom. The number of amides is 1. The first-order valence-electron chi connectivity index (χ1n) is 10.5. The van der Waals surface area contributed by atoms with Gasteiger partial charge in [-0.1, -0.05) is 42.5 Å². The molecule has 1 N–H and O–H groups in total. The number of aromatic nitrogens is 2. The Morgan fingerprint density at radius 2 is 1.84 bits per heavy atom. The zero-order valence-corrected chi connectivity index (χ0v) is 17.7. The van der Waals surface area contributed by atoms with Gasteiger partial charge >= 0.3 is 0 Å². The van der Waals surface area contributed by atoms with Crippen LogP contribution in [0, 0.1) is 0 Å². The molecule has 2 heterocycles. The van der Waals surface area contributed by atoms with Crippen LogP contribution in [0.4, 0.5) is 0 Å². The Labute approximate surface area is 185 Å². The molecule has 160 valence electrons. The number of fused-ring (bicyclic) bond motifs is 1. The fourth-order valence-corrected chi connectivity index (χ4v) is 3.78. The number of imidazole rings is 1. The van der Waals surface area contributed by atoms with Gasteiger partial charge in [-0.15, -0.1) is 5.06 Å². The van der Waals surface area contributed by atoms with Crippen LogP contribution in [-0.4, -0.2) is 40.1 Å². The van der Waals surface area contributed by atoms with Crippen molar-refractivity contribution in [3.8, 4) is 5.69 Å². The van der Waals surface area contributed by atoms with E-state index in [2.05, 4.69) is 51.7 Å². The SMILES string of the molecule is CNC(=O)c1ccc2c(c1)ncn2-c1ccc(CN2CN=C(Cc3ccccc3)O2)cc1. The molecule has 7 heteroatoms. The maximum atomic E-state index is 11.9. The molecule has 4 aromatic rings. The van der Waals surface area contributed by atoms with Gasteiger partial charge < -0.3 is 10.2 Å². The third-order valence-corrected chi connectivity index (χ3v) is 5.45. The lowest BCUT2D eigenvalue weighted by atomic mass is 10.1. The molecule has 0 saturated carbocycles. The van der Waals surface area contributed by atoms with Crippen LogP contribution < -0.4 is 5.32 Å². The van der Waals surface area contributed by atoms with Gasteiger partial charge in [-0.3, -0.25) is 9.36 Å². The Balaban J connectivity index is 1.25. The smallest absolute Gasteiger partial charge is 0.251 e. The largest absolute Gasteiger partial charge is 0.388 e. The first-order valence-corrected chi connectivity index (χ1v) is 10.5. The highest BCUT2D eigenvalue weighted by Gasteiger charge is 2.18. The van der Waals surface area contributed by atoms with E-state index in [0.29, 0.717) is 25.2 Å². The van der Waals surface area contributed by atoms with Gasteiger partial charge in [0.1, 0.15) is 13.0 Å². The lowest BCUT2D eigenvalue weighted by Gasteiger charge is -2.15. The molecule has 1 aliphatic rings. The second kappa shape index (κ2) is 8.64. The van der Waals surface area contributed by atoms with Gasteiger partial charge in [0.25, 0.3) is 5.91 Å². The van der Waals surface area contributed by atoms with Crippen LogP contribution in [0.3, 0.4) is 0 Å². The number of aliphatic imine (C=N–C) groups is 1. The number of hydroxylamine groups is 2. The van der Waals surface area contributed by atoms with Crippen LogP contribution in [0.25, 0.3) is 16.7 Å². The third kappa shape index (κ3) is 4.10. The van der Waals surface area contributed by atoms with Gasteiger partial charge in [-0.25, -0.2) is 9.98 Å². The molecule has 0 spiro atoms. The Hall–Kier alpha value is -3.97. The Bertz CT molecular complexity index is 1280. The van der Waals surface area contributed by atoms with E-state index in [1.807, 2.05) is 40.0 Å². The average molecular weight is 425 g/mol. The summed E-state index contributed by atoms with van der Waals surface area (Å²) in [6, 6.07) is 24.0. The number of benzene rings is 3. The van der Waals surface area contributed by atoms with Crippen LogP contribution >= 0.6 is 0 Å². The van der Waals surface area contributed by atoms with Gasteiger partial charge in [-0.2, -0.15) is 0 Å². The van der Waals surface area contributed by atoms with E-state index in [1.165, 1.54) is 5.56 Å². The number of carbonyl (C=O) groups is 1. The molecule has 3 aromatic carbocycles. The summed E-state index contributed by atoms with van der Waals surface area (Å²) in [6.45, 7) is 1.19. The fraction of sp³-hybridized carbons (Fsp3) is 0.160. The summed E-state index contributed by atoms with van der Waals surface area (Å²) in [6.07, 6.45) is 2.48. The zero-order chi connectivity index (χ0) is 21.9. The second-order valence-corrected chi connectivity index (χ2v) is 7.65. The van der Waals surface area contributed by atoms with Crippen molar-refractivity contribution in [1.82, 2.24) is 19.9 Å². The molecule has 1 amide bonds. The standard InChI is InChI=1S/C25H23N5O2/c1-26-25(31)20-9-12-23-22(14-20)27-17-30(23)21-10-7-19(8-11-21)15-29-16-28-24(32-29)13-18-5-3-2-4-6-18/h2-12,14,17H,13,15-16H2,1H3,(H,26,31). The molecule has 0 radical (unpaired) electrons. The topological polar surface area (TPSA) is 71.8 Å². The lowest BCUT2D eigenvalue weighted by Crippen LogP contribution is -2.20. The normalized spacial score (nSPS) is 13.7. The van der Waals surface area contributed by atoms with E-state index in [0.717, 1.165) is 28.2 Å². The van der Waals surface area contributed by atoms with Crippen molar-refractivity contribution >= 4 is 22.8 Å². The number of hydrogen-bond donors (Lipinski definition) is 1. The van der Waals surface area contributed by atoms with Crippen LogP contribution in [0.1, 0.15) is 21.5 Å². The molecule has 1 aliphatic heterocycles. The van der Waals surface area contributed by atoms with Crippen molar-refractivity contribution in [2.45, 2.75) is 13.0 Å². The van der Waals surface area contributed by atoms with Crippen LogP contribution in [0.2, 0.25) is 0 Å². The number of nitrogens with one attached hydrogen (secondary N) is 1. The minimum Gasteiger partial charge on any atom is -0.388 e. The van der Waals surface area contributed by atoms with E-state index < -0.39 is 0 Å². The van der Waals surface area contributed by atoms with Gasteiger partial charge in [0.2, 0.25) is 5.90 Å². The minimum absolute atomic E-state index is 0.120. The van der Waals surface area contributed by atoms with E-state index in [9.17, 15) is 4.79 Å². The third-order valence-electron chi connectivity index (χ3n) is 5.45. The number of carbonyl (C=O) groups excluding carboxylic acids is 1. The Morgan fingerprint density at radius 1 is 1.03 bits per heavy atom. The molecular weight excluding hydrogens is 402 g/mol. The highest BCUT2D eigenvalue weighted by atomic mass is 16.7. The molecule has 7 nitrogen and oxygen atoms in total. The molecule has 1 aromatic heterocycles. The number of rotatable bonds is 6. The van der Waals surface area contributed by atoms with Crippen LogP contribution in [0.5, 0.6) is 0 Å². The molecule has 5 rings (SSSR count). The number of nitrogens with zero attached hydrogens (tertiary/aromatic N) is 4. The maximum absolute atomic E-state index is 11.9. The van der Waals surface area contributed by atoms with Crippen molar-refractivity contribution < 1.29 is 9.63 Å². The van der Waals surface area contributed by atoms with Crippen molar-refractivity contribution in [3.63, 3.8) is 0 Å². The molecule has 0 fully saturated rings. The van der Waals surface area contributed by atoms with Crippen LogP contribution in [-0.2, 0) is 17.8 Å². The molecule has 0 unspecified atom stereocenters. The van der Waals surface area contributed by atoms with E-state index in [4.69, 9.17) is 4.84 Å². The summed E-state index contributed by atoms with van der Waals surface area (Å²) >= 11 is 0. The molecule has 0 atom stereocenters. The summed E-state index contributed by atoms with van der Waals surface area (Å²) in [7, 11) is 1.62. The summed E-state index contributed by atoms with van der Waals surface area (Å²) in [5.74, 6) is 0.625. The predicted octanol–water partition coefficient (Wildman–Crippen LogP) is 3.73. The first kappa shape index (κ1) is 20.0. The molecular formula is C25H23N5O2. The minimum atomic E-state index is -0.120. The van der Waals surface area contributed by atoms with Crippen molar-refractivity contribution in [1.29, 1.82) is 0 Å². The van der Waals surface area contributed by atoms with E-state index in [1.54, 1.807) is 19.4 Å². The molecule has 0 aliphatic carbocycles. The predicted molar refractivity (Wildman–Crippen MR) is 124 cm³/mol. The van der Waals surface area contributed by atoms with Gasteiger partial charge in [0.05, 0.1) is 24.0 Å². The summed E-state index contributed by atoms with van der Waals surface area (Å²) < 4.78 is 2.01. The van der Waals surface area contributed by atoms with Crippen molar-refractivity contribution in [3.05, 3.63) is 95.8 Å². The first-order chi connectivity index (χ1) is 15.7. The quantitative estimate of drug-likeness (QED) is 0.511. The summed E-state index contributed by atoms with van der Waals surface area (Å²) in [5, 5.41) is 4.50.